The second-order valence-electron chi connectivity index (χ2n) is 3.96. The smallest absolute Gasteiger partial charge is 0.204 e. The minimum absolute atomic E-state index is 0.661. The van der Waals surface area contributed by atoms with Gasteiger partial charge in [-0.1, -0.05) is 13.8 Å². The molecule has 5 heteroatoms. The van der Waals surface area contributed by atoms with Crippen molar-refractivity contribution in [3.05, 3.63) is 6.33 Å². The Morgan fingerprint density at radius 3 is 2.56 bits per heavy atom. The van der Waals surface area contributed by atoms with Crippen LogP contribution < -0.4 is 15.4 Å². The molecule has 0 aromatic carbocycles. The molecule has 0 aliphatic heterocycles. The van der Waals surface area contributed by atoms with Crippen LogP contribution >= 0.6 is 0 Å². The molecule has 0 radical (unpaired) electrons. The molecular weight excluding hydrogens is 204 g/mol. The number of ether oxygens (including phenoxy) is 1. The zero-order valence-electron chi connectivity index (χ0n) is 10.4. The van der Waals surface area contributed by atoms with Crippen molar-refractivity contribution in [2.24, 2.45) is 5.92 Å². The number of aromatic nitrogens is 2. The molecule has 1 heterocycles. The highest BCUT2D eigenvalue weighted by Gasteiger charge is 2.10. The average Bonchev–Trinajstić information content (AvgIpc) is 2.28. The molecule has 0 amide bonds. The molecule has 2 N–H and O–H groups in total. The van der Waals surface area contributed by atoms with Crippen molar-refractivity contribution >= 4 is 11.6 Å². The molecule has 5 nitrogen and oxygen atoms in total. The molecule has 0 atom stereocenters. The molecule has 0 saturated heterocycles. The van der Waals surface area contributed by atoms with Crippen LogP contribution in [0.25, 0.3) is 0 Å². The zero-order valence-corrected chi connectivity index (χ0v) is 10.4. The fourth-order valence-electron chi connectivity index (χ4n) is 1.35. The van der Waals surface area contributed by atoms with Crippen molar-refractivity contribution in [2.75, 3.05) is 31.3 Å². The standard InChI is InChI=1S/C11H20N4O/c1-8(2)5-6-13-11-9(16-4)10(12-3)14-7-15-11/h7-8H,5-6H2,1-4H3,(H2,12,13,14,15). The normalized spacial score (nSPS) is 10.3. The Hall–Kier alpha value is -1.52. The van der Waals surface area contributed by atoms with Gasteiger partial charge in [-0.25, -0.2) is 9.97 Å². The largest absolute Gasteiger partial charge is 0.490 e. The maximum absolute atomic E-state index is 5.27. The third kappa shape index (κ3) is 3.25. The quantitative estimate of drug-likeness (QED) is 0.773. The summed E-state index contributed by atoms with van der Waals surface area (Å²) in [5.74, 6) is 2.77. The van der Waals surface area contributed by atoms with E-state index in [1.807, 2.05) is 7.05 Å². The summed E-state index contributed by atoms with van der Waals surface area (Å²) in [6.07, 6.45) is 2.62. The molecule has 1 rings (SSSR count). The molecule has 1 aromatic heterocycles. The van der Waals surface area contributed by atoms with Crippen LogP contribution in [-0.4, -0.2) is 30.7 Å². The number of rotatable bonds is 6. The lowest BCUT2D eigenvalue weighted by Gasteiger charge is -2.13. The molecule has 0 fully saturated rings. The fraction of sp³-hybridized carbons (Fsp3) is 0.636. The fourth-order valence-corrected chi connectivity index (χ4v) is 1.35. The van der Waals surface area contributed by atoms with Crippen LogP contribution in [0.5, 0.6) is 5.75 Å². The maximum Gasteiger partial charge on any atom is 0.204 e. The highest BCUT2D eigenvalue weighted by atomic mass is 16.5. The zero-order chi connectivity index (χ0) is 12.0. The lowest BCUT2D eigenvalue weighted by atomic mass is 10.1. The molecule has 0 saturated carbocycles. The van der Waals surface area contributed by atoms with E-state index in [1.54, 1.807) is 7.11 Å². The molecule has 0 unspecified atom stereocenters. The van der Waals surface area contributed by atoms with E-state index in [-0.39, 0.29) is 0 Å². The Labute approximate surface area is 96.6 Å². The van der Waals surface area contributed by atoms with Gasteiger partial charge < -0.3 is 15.4 Å². The van der Waals surface area contributed by atoms with E-state index in [2.05, 4.69) is 34.4 Å². The van der Waals surface area contributed by atoms with Crippen molar-refractivity contribution in [1.29, 1.82) is 0 Å². The van der Waals surface area contributed by atoms with Gasteiger partial charge in [0.15, 0.2) is 11.6 Å². The Balaban J connectivity index is 2.71. The number of nitrogens with one attached hydrogen (secondary N) is 2. The summed E-state index contributed by atoms with van der Waals surface area (Å²) in [5, 5.41) is 6.22. The number of anilines is 2. The first kappa shape index (κ1) is 12.5. The molecule has 0 spiro atoms. The minimum Gasteiger partial charge on any atom is -0.490 e. The maximum atomic E-state index is 5.27. The van der Waals surface area contributed by atoms with Crippen molar-refractivity contribution in [3.8, 4) is 5.75 Å². The van der Waals surface area contributed by atoms with Gasteiger partial charge in [0.2, 0.25) is 5.75 Å². The molecule has 0 aliphatic carbocycles. The Kier molecular flexibility index (Phi) is 4.82. The number of hydrogen-bond donors (Lipinski definition) is 2. The predicted molar refractivity (Wildman–Crippen MR) is 66.1 cm³/mol. The topological polar surface area (TPSA) is 59.1 Å². The summed E-state index contributed by atoms with van der Waals surface area (Å²) in [7, 11) is 3.43. The van der Waals surface area contributed by atoms with E-state index >= 15 is 0 Å². The van der Waals surface area contributed by atoms with Crippen LogP contribution in [-0.2, 0) is 0 Å². The Bertz CT molecular complexity index is 328. The van der Waals surface area contributed by atoms with E-state index in [9.17, 15) is 0 Å². The first-order chi connectivity index (χ1) is 7.69. The molecule has 1 aromatic rings. The lowest BCUT2D eigenvalue weighted by molar-refractivity contribution is 0.414. The van der Waals surface area contributed by atoms with Crippen LogP contribution in [0.2, 0.25) is 0 Å². The van der Waals surface area contributed by atoms with Crippen LogP contribution in [0.3, 0.4) is 0 Å². The molecule has 16 heavy (non-hydrogen) atoms. The number of nitrogens with zero attached hydrogens (tertiary/aromatic N) is 2. The van der Waals surface area contributed by atoms with E-state index in [0.717, 1.165) is 18.8 Å². The van der Waals surface area contributed by atoms with Crippen LogP contribution in [0.15, 0.2) is 6.33 Å². The van der Waals surface area contributed by atoms with Gasteiger partial charge in [-0.2, -0.15) is 0 Å². The van der Waals surface area contributed by atoms with Gasteiger partial charge in [-0.3, -0.25) is 0 Å². The Morgan fingerprint density at radius 2 is 2.00 bits per heavy atom. The van der Waals surface area contributed by atoms with E-state index < -0.39 is 0 Å². The monoisotopic (exact) mass is 224 g/mol. The van der Waals surface area contributed by atoms with Crippen LogP contribution in [0.4, 0.5) is 11.6 Å². The Morgan fingerprint density at radius 1 is 1.31 bits per heavy atom. The van der Waals surface area contributed by atoms with Gasteiger partial charge in [0.1, 0.15) is 6.33 Å². The molecular formula is C11H20N4O. The summed E-state index contributed by atoms with van der Waals surface area (Å²) in [4.78, 5) is 8.25. The van der Waals surface area contributed by atoms with Crippen molar-refractivity contribution in [2.45, 2.75) is 20.3 Å². The van der Waals surface area contributed by atoms with Crippen molar-refractivity contribution in [1.82, 2.24) is 9.97 Å². The summed E-state index contributed by atoms with van der Waals surface area (Å²) >= 11 is 0. The number of hydrogen-bond acceptors (Lipinski definition) is 5. The summed E-state index contributed by atoms with van der Waals surface area (Å²) in [6, 6.07) is 0. The van der Waals surface area contributed by atoms with Crippen LogP contribution in [0.1, 0.15) is 20.3 Å². The average molecular weight is 224 g/mol. The van der Waals surface area contributed by atoms with E-state index in [0.29, 0.717) is 17.5 Å². The van der Waals surface area contributed by atoms with Gasteiger partial charge in [-0.15, -0.1) is 0 Å². The van der Waals surface area contributed by atoms with Gasteiger partial charge in [0, 0.05) is 13.6 Å². The number of methoxy groups -OCH3 is 1. The second kappa shape index (κ2) is 6.15. The summed E-state index contributed by atoms with van der Waals surface area (Å²) < 4.78 is 5.27. The first-order valence-electron chi connectivity index (χ1n) is 5.49. The van der Waals surface area contributed by atoms with Gasteiger partial charge in [0.05, 0.1) is 7.11 Å². The third-order valence-corrected chi connectivity index (χ3v) is 2.26. The second-order valence-corrected chi connectivity index (χ2v) is 3.96. The first-order valence-corrected chi connectivity index (χ1v) is 5.49. The van der Waals surface area contributed by atoms with Gasteiger partial charge in [-0.05, 0) is 12.3 Å². The van der Waals surface area contributed by atoms with E-state index in [4.69, 9.17) is 4.74 Å². The molecule has 0 bridgehead atoms. The lowest BCUT2D eigenvalue weighted by Crippen LogP contribution is -2.09. The third-order valence-electron chi connectivity index (χ3n) is 2.26. The highest BCUT2D eigenvalue weighted by molar-refractivity contribution is 5.63. The molecule has 90 valence electrons. The van der Waals surface area contributed by atoms with Crippen molar-refractivity contribution in [3.63, 3.8) is 0 Å². The SMILES string of the molecule is CNc1ncnc(NCCC(C)C)c1OC. The van der Waals surface area contributed by atoms with Gasteiger partial charge >= 0.3 is 0 Å². The summed E-state index contributed by atoms with van der Waals surface area (Å²) in [6.45, 7) is 5.27. The highest BCUT2D eigenvalue weighted by Crippen LogP contribution is 2.28. The van der Waals surface area contributed by atoms with Crippen LogP contribution in [0, 0.1) is 5.92 Å². The predicted octanol–water partition coefficient (Wildman–Crippen LogP) is 1.98. The molecule has 0 aliphatic rings. The van der Waals surface area contributed by atoms with Gasteiger partial charge in [0.25, 0.3) is 0 Å². The van der Waals surface area contributed by atoms with E-state index in [1.165, 1.54) is 6.33 Å². The minimum atomic E-state index is 0.661. The van der Waals surface area contributed by atoms with Crippen molar-refractivity contribution < 1.29 is 4.74 Å². The summed E-state index contributed by atoms with van der Waals surface area (Å²) in [5.41, 5.74) is 0.